The number of benzene rings is 1. The van der Waals surface area contributed by atoms with E-state index in [9.17, 15) is 0 Å². The van der Waals surface area contributed by atoms with E-state index in [0.717, 1.165) is 23.4 Å². The summed E-state index contributed by atoms with van der Waals surface area (Å²) >= 11 is 5.88. The van der Waals surface area contributed by atoms with Gasteiger partial charge in [0, 0.05) is 31.2 Å². The summed E-state index contributed by atoms with van der Waals surface area (Å²) in [6, 6.07) is 7.65. The lowest BCUT2D eigenvalue weighted by Crippen LogP contribution is -2.40. The number of nitrogens with two attached hydrogens (primary N) is 1. The molecule has 0 bridgehead atoms. The molecule has 1 aromatic heterocycles. The molecule has 1 fully saturated rings. The van der Waals surface area contributed by atoms with Crippen molar-refractivity contribution < 1.29 is 9.26 Å². The monoisotopic (exact) mass is 307 g/mol. The number of ether oxygens (including phenoxy) is 1. The zero-order valence-corrected chi connectivity index (χ0v) is 12.5. The number of nitrogens with zero attached hydrogens (tertiary/aromatic N) is 2. The number of hydrogen-bond donors (Lipinski definition) is 1. The van der Waals surface area contributed by atoms with E-state index in [1.54, 1.807) is 0 Å². The molecule has 1 saturated heterocycles. The Morgan fingerprint density at radius 2 is 1.90 bits per heavy atom. The smallest absolute Gasteiger partial charge is 0.234 e. The second-order valence-corrected chi connectivity index (χ2v) is 5.85. The molecule has 0 aliphatic carbocycles. The highest BCUT2D eigenvalue weighted by Gasteiger charge is 2.38. The molecule has 21 heavy (non-hydrogen) atoms. The molecule has 6 heteroatoms. The molecule has 2 aromatic rings. The Labute approximate surface area is 128 Å². The van der Waals surface area contributed by atoms with E-state index < -0.39 is 0 Å². The zero-order valence-electron chi connectivity index (χ0n) is 11.7. The molecule has 112 valence electrons. The summed E-state index contributed by atoms with van der Waals surface area (Å²) in [4.78, 5) is 4.55. The second kappa shape index (κ2) is 6.13. The van der Waals surface area contributed by atoms with Gasteiger partial charge in [-0.25, -0.2) is 0 Å². The molecule has 1 aliphatic rings. The molecular weight excluding hydrogens is 290 g/mol. The molecule has 1 aliphatic heterocycles. The Bertz CT molecular complexity index is 591. The summed E-state index contributed by atoms with van der Waals surface area (Å²) in [5, 5.41) is 4.81. The molecule has 0 radical (unpaired) electrons. The predicted molar refractivity (Wildman–Crippen MR) is 79.3 cm³/mol. The minimum Gasteiger partial charge on any atom is -0.381 e. The summed E-state index contributed by atoms with van der Waals surface area (Å²) in [6.45, 7) is 1.87. The largest absolute Gasteiger partial charge is 0.381 e. The first-order chi connectivity index (χ1) is 10.2. The van der Waals surface area contributed by atoms with E-state index in [2.05, 4.69) is 10.1 Å². The maximum atomic E-state index is 5.95. The van der Waals surface area contributed by atoms with Gasteiger partial charge in [-0.1, -0.05) is 28.9 Å². The van der Waals surface area contributed by atoms with E-state index in [-0.39, 0.29) is 5.41 Å². The van der Waals surface area contributed by atoms with E-state index >= 15 is 0 Å². The minimum absolute atomic E-state index is 0.233. The molecule has 0 spiro atoms. The number of rotatable bonds is 4. The molecule has 2 heterocycles. The van der Waals surface area contributed by atoms with Gasteiger partial charge in [0.2, 0.25) is 5.89 Å². The third-order valence-electron chi connectivity index (χ3n) is 4.04. The van der Waals surface area contributed by atoms with Crippen LogP contribution in [0.5, 0.6) is 0 Å². The van der Waals surface area contributed by atoms with E-state index in [0.29, 0.717) is 37.9 Å². The lowest BCUT2D eigenvalue weighted by Gasteiger charge is -2.32. The Balaban J connectivity index is 1.77. The topological polar surface area (TPSA) is 74.2 Å². The standard InChI is InChI=1S/C15H18ClN3O2/c16-12-3-1-11(2-4-12)9-13-18-14(21-19-13)15(10-17)5-7-20-8-6-15/h1-4H,5-10,17H2. The Hall–Kier alpha value is -1.43. The zero-order chi connectivity index (χ0) is 14.7. The number of hydrogen-bond acceptors (Lipinski definition) is 5. The van der Waals surface area contributed by atoms with Crippen LogP contribution in [0.15, 0.2) is 28.8 Å². The van der Waals surface area contributed by atoms with Crippen molar-refractivity contribution >= 4 is 11.6 Å². The number of aromatic nitrogens is 2. The summed E-state index contributed by atoms with van der Waals surface area (Å²) < 4.78 is 10.9. The van der Waals surface area contributed by atoms with Crippen molar-refractivity contribution in [1.82, 2.24) is 10.1 Å². The number of halogens is 1. The van der Waals surface area contributed by atoms with Crippen LogP contribution in [0, 0.1) is 0 Å². The van der Waals surface area contributed by atoms with Crippen LogP contribution in [-0.2, 0) is 16.6 Å². The van der Waals surface area contributed by atoms with Crippen molar-refractivity contribution in [2.45, 2.75) is 24.7 Å². The van der Waals surface area contributed by atoms with Crippen LogP contribution >= 0.6 is 11.6 Å². The van der Waals surface area contributed by atoms with Crippen LogP contribution in [0.25, 0.3) is 0 Å². The average Bonchev–Trinajstić information content (AvgIpc) is 2.99. The van der Waals surface area contributed by atoms with Crippen LogP contribution in [0.2, 0.25) is 5.02 Å². The fraction of sp³-hybridized carbons (Fsp3) is 0.467. The molecule has 0 amide bonds. The summed E-state index contributed by atoms with van der Waals surface area (Å²) in [6.07, 6.45) is 2.27. The third-order valence-corrected chi connectivity index (χ3v) is 4.29. The Morgan fingerprint density at radius 1 is 1.19 bits per heavy atom. The van der Waals surface area contributed by atoms with Gasteiger partial charge in [0.15, 0.2) is 5.82 Å². The van der Waals surface area contributed by atoms with Gasteiger partial charge >= 0.3 is 0 Å². The molecule has 0 atom stereocenters. The highest BCUT2D eigenvalue weighted by Crippen LogP contribution is 2.32. The maximum absolute atomic E-state index is 5.95. The van der Waals surface area contributed by atoms with Crippen molar-refractivity contribution in [3.8, 4) is 0 Å². The first-order valence-corrected chi connectivity index (χ1v) is 7.45. The molecule has 2 N–H and O–H groups in total. The van der Waals surface area contributed by atoms with Crippen LogP contribution in [0.1, 0.15) is 30.1 Å². The van der Waals surface area contributed by atoms with Gasteiger partial charge in [-0.3, -0.25) is 0 Å². The second-order valence-electron chi connectivity index (χ2n) is 5.42. The first kappa shape index (κ1) is 14.5. The maximum Gasteiger partial charge on any atom is 0.234 e. The average molecular weight is 308 g/mol. The van der Waals surface area contributed by atoms with Crippen molar-refractivity contribution in [1.29, 1.82) is 0 Å². The van der Waals surface area contributed by atoms with Crippen LogP contribution < -0.4 is 5.73 Å². The van der Waals surface area contributed by atoms with Gasteiger partial charge in [-0.2, -0.15) is 4.98 Å². The fourth-order valence-corrected chi connectivity index (χ4v) is 2.72. The fourth-order valence-electron chi connectivity index (χ4n) is 2.59. The molecule has 0 saturated carbocycles. The molecule has 0 unspecified atom stereocenters. The highest BCUT2D eigenvalue weighted by molar-refractivity contribution is 6.30. The van der Waals surface area contributed by atoms with Crippen LogP contribution in [0.3, 0.4) is 0 Å². The molecule has 1 aromatic carbocycles. The Morgan fingerprint density at radius 3 is 2.57 bits per heavy atom. The minimum atomic E-state index is -0.233. The van der Waals surface area contributed by atoms with Crippen molar-refractivity contribution in [2.24, 2.45) is 5.73 Å². The predicted octanol–water partition coefficient (Wildman–Crippen LogP) is 2.32. The highest BCUT2D eigenvalue weighted by atomic mass is 35.5. The van der Waals surface area contributed by atoms with Crippen LogP contribution in [0.4, 0.5) is 0 Å². The van der Waals surface area contributed by atoms with Gasteiger partial charge in [0.1, 0.15) is 0 Å². The lowest BCUT2D eigenvalue weighted by molar-refractivity contribution is 0.0409. The summed E-state index contributed by atoms with van der Waals surface area (Å²) in [7, 11) is 0. The Kier molecular flexibility index (Phi) is 4.24. The first-order valence-electron chi connectivity index (χ1n) is 7.07. The normalized spacial score (nSPS) is 17.8. The summed E-state index contributed by atoms with van der Waals surface area (Å²) in [5.74, 6) is 1.31. The molecular formula is C15H18ClN3O2. The lowest BCUT2D eigenvalue weighted by atomic mass is 9.80. The van der Waals surface area contributed by atoms with Gasteiger partial charge in [0.25, 0.3) is 0 Å². The van der Waals surface area contributed by atoms with E-state index in [1.165, 1.54) is 0 Å². The van der Waals surface area contributed by atoms with E-state index in [1.807, 2.05) is 24.3 Å². The quantitative estimate of drug-likeness (QED) is 0.938. The van der Waals surface area contributed by atoms with Gasteiger partial charge in [-0.15, -0.1) is 0 Å². The van der Waals surface area contributed by atoms with Gasteiger partial charge in [0.05, 0.1) is 5.41 Å². The third kappa shape index (κ3) is 3.10. The van der Waals surface area contributed by atoms with Gasteiger partial charge < -0.3 is 15.0 Å². The SMILES string of the molecule is NCC1(c2nc(Cc3ccc(Cl)cc3)no2)CCOCC1. The van der Waals surface area contributed by atoms with E-state index in [4.69, 9.17) is 26.6 Å². The van der Waals surface area contributed by atoms with Crippen molar-refractivity contribution in [2.75, 3.05) is 19.8 Å². The summed E-state index contributed by atoms with van der Waals surface area (Å²) in [5.41, 5.74) is 6.82. The van der Waals surface area contributed by atoms with Gasteiger partial charge in [-0.05, 0) is 30.5 Å². The molecule has 5 nitrogen and oxygen atoms in total. The molecule has 3 rings (SSSR count). The van der Waals surface area contributed by atoms with Crippen molar-refractivity contribution in [3.63, 3.8) is 0 Å². The van der Waals surface area contributed by atoms with Crippen LogP contribution in [-0.4, -0.2) is 29.9 Å². The van der Waals surface area contributed by atoms with Crippen molar-refractivity contribution in [3.05, 3.63) is 46.6 Å².